The van der Waals surface area contributed by atoms with Crippen molar-refractivity contribution in [2.45, 2.75) is 17.9 Å². The molecule has 5 rings (SSSR count). The normalized spacial score (nSPS) is 15.1. The zero-order valence-corrected chi connectivity index (χ0v) is 22.1. The van der Waals surface area contributed by atoms with Crippen LogP contribution in [0.4, 0.5) is 5.69 Å². The van der Waals surface area contributed by atoms with E-state index in [0.717, 1.165) is 72.0 Å². The van der Waals surface area contributed by atoms with E-state index < -0.39 is 10.8 Å². The van der Waals surface area contributed by atoms with E-state index in [0.29, 0.717) is 12.3 Å². The molecule has 7 nitrogen and oxygen atoms in total. The lowest BCUT2D eigenvalue weighted by molar-refractivity contribution is 0.0756. The lowest BCUT2D eigenvalue weighted by atomic mass is 10.2. The van der Waals surface area contributed by atoms with Crippen LogP contribution < -0.4 is 4.90 Å². The van der Waals surface area contributed by atoms with E-state index >= 15 is 0 Å². The molecule has 0 N–H and O–H groups in total. The number of carbonyl (C=O) groups excluding carboxylic acids is 1. The molecule has 37 heavy (non-hydrogen) atoms. The second kappa shape index (κ2) is 11.3. The average molecular weight is 517 g/mol. The highest BCUT2D eigenvalue weighted by Gasteiger charge is 2.23. The Morgan fingerprint density at radius 2 is 1.84 bits per heavy atom. The van der Waals surface area contributed by atoms with Gasteiger partial charge in [0.2, 0.25) is 0 Å². The summed E-state index contributed by atoms with van der Waals surface area (Å²) in [5.74, 6) is 0.152. The number of furan rings is 1. The third-order valence-electron chi connectivity index (χ3n) is 6.85. The van der Waals surface area contributed by atoms with E-state index in [-0.39, 0.29) is 5.91 Å². The van der Waals surface area contributed by atoms with E-state index in [4.69, 9.17) is 4.42 Å². The van der Waals surface area contributed by atoms with Gasteiger partial charge >= 0.3 is 0 Å². The van der Waals surface area contributed by atoms with Crippen molar-refractivity contribution in [1.82, 2.24) is 14.8 Å². The Bertz CT molecular complexity index is 1400. The van der Waals surface area contributed by atoms with Gasteiger partial charge in [-0.15, -0.1) is 0 Å². The number of anilines is 1. The minimum absolute atomic E-state index is 0.176. The number of nitrogens with zero attached hydrogens (tertiary/aromatic N) is 4. The fraction of sp³-hybridized carbons (Fsp3) is 0.310. The highest BCUT2D eigenvalue weighted by atomic mass is 32.2. The Morgan fingerprint density at radius 3 is 2.59 bits per heavy atom. The predicted molar refractivity (Wildman–Crippen MR) is 147 cm³/mol. The van der Waals surface area contributed by atoms with E-state index in [9.17, 15) is 9.00 Å². The van der Waals surface area contributed by atoms with Crippen molar-refractivity contribution >= 4 is 33.4 Å². The summed E-state index contributed by atoms with van der Waals surface area (Å²) in [5.41, 5.74) is 3.84. The van der Waals surface area contributed by atoms with Gasteiger partial charge in [-0.3, -0.25) is 18.9 Å². The number of aromatic nitrogens is 1. The first kappa shape index (κ1) is 25.2. The van der Waals surface area contributed by atoms with Crippen molar-refractivity contribution < 1.29 is 13.4 Å². The standard InChI is InChI=1S/C29H32N4O3S/c1-31(21-22-7-5-10-25(19-22)37(2)35)29(34)27-20-23-8-6-11-26(28(23)36-27)33-17-15-32(16-18-33)14-12-24-9-3-4-13-30-24/h3-11,13,19-20H,12,14-18,21H2,1-2H3. The van der Waals surface area contributed by atoms with E-state index in [2.05, 4.69) is 26.9 Å². The van der Waals surface area contributed by atoms with Crippen LogP contribution in [0.1, 0.15) is 21.8 Å². The van der Waals surface area contributed by atoms with Crippen molar-refractivity contribution in [3.8, 4) is 0 Å². The summed E-state index contributed by atoms with van der Waals surface area (Å²) in [7, 11) is 0.698. The molecule has 1 aliphatic rings. The van der Waals surface area contributed by atoms with Gasteiger partial charge in [0, 0.05) is 92.0 Å². The molecule has 1 atom stereocenters. The third kappa shape index (κ3) is 5.92. The molecule has 1 amide bonds. The van der Waals surface area contributed by atoms with Gasteiger partial charge in [-0.1, -0.05) is 30.3 Å². The highest BCUT2D eigenvalue weighted by Crippen LogP contribution is 2.31. The number of carbonyl (C=O) groups is 1. The van der Waals surface area contributed by atoms with Gasteiger partial charge in [-0.25, -0.2) is 0 Å². The Kier molecular flexibility index (Phi) is 7.67. The van der Waals surface area contributed by atoms with Crippen LogP contribution in [0.2, 0.25) is 0 Å². The Balaban J connectivity index is 1.24. The number of hydrogen-bond acceptors (Lipinski definition) is 6. The third-order valence-corrected chi connectivity index (χ3v) is 7.77. The van der Waals surface area contributed by atoms with E-state index in [1.54, 1.807) is 18.2 Å². The highest BCUT2D eigenvalue weighted by molar-refractivity contribution is 7.84. The molecule has 0 aliphatic carbocycles. The molecule has 1 aliphatic heterocycles. The fourth-order valence-electron chi connectivity index (χ4n) is 4.79. The van der Waals surface area contributed by atoms with Crippen LogP contribution in [-0.2, 0) is 23.8 Å². The summed E-state index contributed by atoms with van der Waals surface area (Å²) in [6, 6.07) is 21.5. The Morgan fingerprint density at radius 1 is 1.03 bits per heavy atom. The average Bonchev–Trinajstić information content (AvgIpc) is 3.37. The smallest absolute Gasteiger partial charge is 0.289 e. The van der Waals surface area contributed by atoms with Gasteiger partial charge in [-0.2, -0.15) is 0 Å². The molecular weight excluding hydrogens is 484 g/mol. The Hall–Kier alpha value is -3.49. The molecule has 1 fully saturated rings. The fourth-order valence-corrected chi connectivity index (χ4v) is 5.38. The van der Waals surface area contributed by atoms with E-state index in [1.807, 2.05) is 60.8 Å². The van der Waals surface area contributed by atoms with Crippen LogP contribution in [0.15, 0.2) is 82.2 Å². The predicted octanol–water partition coefficient (Wildman–Crippen LogP) is 4.20. The SMILES string of the molecule is CN(Cc1cccc(S(C)=O)c1)C(=O)c1cc2cccc(N3CCN(CCc4ccccn4)CC3)c2o1. The zero-order valence-electron chi connectivity index (χ0n) is 21.3. The topological polar surface area (TPSA) is 69.9 Å². The number of hydrogen-bond donors (Lipinski definition) is 0. The van der Waals surface area contributed by atoms with Gasteiger partial charge < -0.3 is 14.2 Å². The molecular formula is C29H32N4O3S. The maximum absolute atomic E-state index is 13.2. The van der Waals surface area contributed by atoms with Crippen LogP contribution >= 0.6 is 0 Å². The lowest BCUT2D eigenvalue weighted by Gasteiger charge is -2.36. The first-order valence-electron chi connectivity index (χ1n) is 12.6. The molecule has 3 heterocycles. The second-order valence-corrected chi connectivity index (χ2v) is 10.8. The molecule has 1 unspecified atom stereocenters. The summed E-state index contributed by atoms with van der Waals surface area (Å²) >= 11 is 0. The summed E-state index contributed by atoms with van der Waals surface area (Å²) in [4.78, 5) is 24.8. The summed E-state index contributed by atoms with van der Waals surface area (Å²) in [6.07, 6.45) is 4.46. The van der Waals surface area contributed by atoms with Crippen molar-refractivity contribution in [2.24, 2.45) is 0 Å². The zero-order chi connectivity index (χ0) is 25.8. The molecule has 0 radical (unpaired) electrons. The molecule has 0 bridgehead atoms. The summed E-state index contributed by atoms with van der Waals surface area (Å²) in [6.45, 7) is 5.16. The molecule has 2 aromatic heterocycles. The summed E-state index contributed by atoms with van der Waals surface area (Å²) in [5, 5.41) is 0.926. The quantitative estimate of drug-likeness (QED) is 0.350. The minimum atomic E-state index is -1.06. The number of piperazine rings is 1. The maximum Gasteiger partial charge on any atom is 0.289 e. The molecule has 0 saturated carbocycles. The number of fused-ring (bicyclic) bond motifs is 1. The summed E-state index contributed by atoms with van der Waals surface area (Å²) < 4.78 is 18.0. The number of pyridine rings is 1. The van der Waals surface area contributed by atoms with Crippen LogP contribution in [0.3, 0.4) is 0 Å². The van der Waals surface area contributed by atoms with Crippen molar-refractivity contribution in [3.63, 3.8) is 0 Å². The number of amides is 1. The first-order valence-corrected chi connectivity index (χ1v) is 14.1. The van der Waals surface area contributed by atoms with Gasteiger partial charge in [-0.05, 0) is 42.0 Å². The second-order valence-electron chi connectivity index (χ2n) is 9.47. The number of para-hydroxylation sites is 1. The molecule has 1 saturated heterocycles. The van der Waals surface area contributed by atoms with Crippen molar-refractivity contribution in [2.75, 3.05) is 50.9 Å². The van der Waals surface area contributed by atoms with Crippen LogP contribution in [0.5, 0.6) is 0 Å². The van der Waals surface area contributed by atoms with Gasteiger partial charge in [0.05, 0.1) is 5.69 Å². The lowest BCUT2D eigenvalue weighted by Crippen LogP contribution is -2.47. The largest absolute Gasteiger partial charge is 0.449 e. The van der Waals surface area contributed by atoms with E-state index in [1.165, 1.54) is 0 Å². The molecule has 4 aromatic rings. The Labute approximate surface area is 220 Å². The monoisotopic (exact) mass is 516 g/mol. The van der Waals surface area contributed by atoms with Crippen LogP contribution in [0.25, 0.3) is 11.0 Å². The van der Waals surface area contributed by atoms with Crippen molar-refractivity contribution in [1.29, 1.82) is 0 Å². The van der Waals surface area contributed by atoms with Gasteiger partial charge in [0.25, 0.3) is 5.91 Å². The maximum atomic E-state index is 13.2. The molecule has 2 aromatic carbocycles. The molecule has 192 valence electrons. The van der Waals surface area contributed by atoms with Crippen molar-refractivity contribution in [3.05, 3.63) is 89.9 Å². The van der Waals surface area contributed by atoms with Crippen LogP contribution in [-0.4, -0.2) is 70.9 Å². The minimum Gasteiger partial charge on any atom is -0.449 e. The van der Waals surface area contributed by atoms with Crippen LogP contribution in [0, 0.1) is 0 Å². The van der Waals surface area contributed by atoms with Gasteiger partial charge in [0.15, 0.2) is 11.3 Å². The molecule has 0 spiro atoms. The number of benzene rings is 2. The van der Waals surface area contributed by atoms with Gasteiger partial charge in [0.1, 0.15) is 0 Å². The first-order chi connectivity index (χ1) is 18.0. The number of rotatable bonds is 8. The molecule has 8 heteroatoms.